The maximum absolute atomic E-state index is 13.1. The van der Waals surface area contributed by atoms with Crippen LogP contribution >= 0.6 is 0 Å². The lowest BCUT2D eigenvalue weighted by molar-refractivity contribution is -0.126. The van der Waals surface area contributed by atoms with Crippen molar-refractivity contribution in [3.05, 3.63) is 41.5 Å². The molecule has 1 heterocycles. The van der Waals surface area contributed by atoms with Crippen LogP contribution in [-0.2, 0) is 9.59 Å². The monoisotopic (exact) mass is 281 g/mol. The Kier molecular flexibility index (Phi) is 2.48. The first-order chi connectivity index (χ1) is 10.0. The minimum atomic E-state index is -0.453. The SMILES string of the molecule is Cc1cccc(C)c1N1C(=O)CC2(CC3C=CC2C3)C1=O. The Morgan fingerprint density at radius 1 is 1.14 bits per heavy atom. The van der Waals surface area contributed by atoms with E-state index in [1.165, 1.54) is 4.90 Å². The highest BCUT2D eigenvalue weighted by atomic mass is 16.2. The van der Waals surface area contributed by atoms with Crippen LogP contribution in [0.1, 0.15) is 30.4 Å². The number of imide groups is 1. The summed E-state index contributed by atoms with van der Waals surface area (Å²) in [6.45, 7) is 3.93. The highest BCUT2D eigenvalue weighted by molar-refractivity contribution is 6.23. The molecule has 4 rings (SSSR count). The number of amides is 2. The quantitative estimate of drug-likeness (QED) is 0.586. The van der Waals surface area contributed by atoms with Gasteiger partial charge in [-0.1, -0.05) is 30.4 Å². The van der Waals surface area contributed by atoms with Crippen molar-refractivity contribution >= 4 is 17.5 Å². The topological polar surface area (TPSA) is 37.4 Å². The summed E-state index contributed by atoms with van der Waals surface area (Å²) < 4.78 is 0. The van der Waals surface area contributed by atoms with E-state index in [2.05, 4.69) is 12.2 Å². The second-order valence-electron chi connectivity index (χ2n) is 6.80. The number of aryl methyl sites for hydroxylation is 2. The Balaban J connectivity index is 1.80. The lowest BCUT2D eigenvalue weighted by atomic mass is 9.74. The lowest BCUT2D eigenvalue weighted by Gasteiger charge is -2.29. The molecule has 1 saturated carbocycles. The fraction of sp³-hybridized carbons (Fsp3) is 0.444. The number of hydrogen-bond acceptors (Lipinski definition) is 2. The standard InChI is InChI=1S/C18H19NO2/c1-11-4-3-5-12(2)16(11)19-15(20)10-18(17(19)21)9-13-6-7-14(18)8-13/h3-7,13-14H,8-10H2,1-2H3. The van der Waals surface area contributed by atoms with Crippen molar-refractivity contribution in [2.24, 2.45) is 17.3 Å². The van der Waals surface area contributed by atoms with Gasteiger partial charge < -0.3 is 0 Å². The minimum absolute atomic E-state index is 0.0293. The van der Waals surface area contributed by atoms with Gasteiger partial charge in [0.2, 0.25) is 11.8 Å². The molecule has 21 heavy (non-hydrogen) atoms. The van der Waals surface area contributed by atoms with Crippen LogP contribution < -0.4 is 4.90 Å². The van der Waals surface area contributed by atoms with E-state index < -0.39 is 5.41 Å². The van der Waals surface area contributed by atoms with Crippen LogP contribution in [0.3, 0.4) is 0 Å². The van der Waals surface area contributed by atoms with Gasteiger partial charge in [-0.15, -0.1) is 0 Å². The Morgan fingerprint density at radius 2 is 1.86 bits per heavy atom. The van der Waals surface area contributed by atoms with Crippen molar-refractivity contribution in [2.45, 2.75) is 33.1 Å². The summed E-state index contributed by atoms with van der Waals surface area (Å²) in [7, 11) is 0. The Bertz CT molecular complexity index is 670. The zero-order valence-corrected chi connectivity index (χ0v) is 12.4. The molecule has 2 bridgehead atoms. The maximum Gasteiger partial charge on any atom is 0.241 e. The summed E-state index contributed by atoms with van der Waals surface area (Å²) in [5.74, 6) is 0.748. The molecule has 2 amide bonds. The number of rotatable bonds is 1. The molecule has 0 aromatic heterocycles. The molecule has 3 aliphatic rings. The molecule has 1 spiro atoms. The van der Waals surface area contributed by atoms with Crippen LogP contribution in [0.4, 0.5) is 5.69 Å². The van der Waals surface area contributed by atoms with Gasteiger partial charge in [-0.05, 0) is 49.7 Å². The molecule has 3 atom stereocenters. The van der Waals surface area contributed by atoms with E-state index in [0.29, 0.717) is 12.3 Å². The van der Waals surface area contributed by atoms with E-state index in [-0.39, 0.29) is 17.7 Å². The van der Waals surface area contributed by atoms with Crippen LogP contribution in [0.5, 0.6) is 0 Å². The number of fused-ring (bicyclic) bond motifs is 3. The lowest BCUT2D eigenvalue weighted by Crippen LogP contribution is -2.38. The van der Waals surface area contributed by atoms with Gasteiger partial charge in [0, 0.05) is 6.42 Å². The van der Waals surface area contributed by atoms with Gasteiger partial charge in [-0.25, -0.2) is 4.90 Å². The molecular weight excluding hydrogens is 262 g/mol. The molecule has 1 aromatic carbocycles. The Hall–Kier alpha value is -1.90. The second kappa shape index (κ2) is 4.06. The smallest absolute Gasteiger partial charge is 0.241 e. The Morgan fingerprint density at radius 3 is 2.43 bits per heavy atom. The summed E-state index contributed by atoms with van der Waals surface area (Å²) in [5, 5.41) is 0. The average molecular weight is 281 g/mol. The molecule has 0 N–H and O–H groups in total. The van der Waals surface area contributed by atoms with Crippen LogP contribution in [0.2, 0.25) is 0 Å². The van der Waals surface area contributed by atoms with E-state index in [1.54, 1.807) is 0 Å². The molecule has 1 saturated heterocycles. The van der Waals surface area contributed by atoms with Gasteiger partial charge in [0.05, 0.1) is 11.1 Å². The number of benzene rings is 1. The van der Waals surface area contributed by atoms with Crippen molar-refractivity contribution in [3.8, 4) is 0 Å². The van der Waals surface area contributed by atoms with Crippen LogP contribution in [0, 0.1) is 31.1 Å². The van der Waals surface area contributed by atoms with Crippen LogP contribution in [0.15, 0.2) is 30.4 Å². The molecule has 108 valence electrons. The summed E-state index contributed by atoms with van der Waals surface area (Å²) in [4.78, 5) is 27.2. The molecule has 3 nitrogen and oxygen atoms in total. The number of carbonyl (C=O) groups is 2. The first kappa shape index (κ1) is 12.8. The third kappa shape index (κ3) is 1.55. The van der Waals surface area contributed by atoms with Gasteiger partial charge in [0.15, 0.2) is 0 Å². The van der Waals surface area contributed by atoms with E-state index in [4.69, 9.17) is 0 Å². The predicted octanol–water partition coefficient (Wildman–Crippen LogP) is 3.15. The molecule has 0 radical (unpaired) electrons. The zero-order valence-electron chi connectivity index (χ0n) is 12.4. The summed E-state index contributed by atoms with van der Waals surface area (Å²) >= 11 is 0. The van der Waals surface area contributed by atoms with E-state index in [0.717, 1.165) is 29.7 Å². The first-order valence-corrected chi connectivity index (χ1v) is 7.65. The number of carbonyl (C=O) groups excluding carboxylic acids is 2. The van der Waals surface area contributed by atoms with Gasteiger partial charge in [-0.2, -0.15) is 0 Å². The summed E-state index contributed by atoms with van der Waals surface area (Å²) in [6, 6.07) is 5.90. The summed E-state index contributed by atoms with van der Waals surface area (Å²) in [6.07, 6.45) is 6.65. The number of allylic oxidation sites excluding steroid dienone is 2. The van der Waals surface area contributed by atoms with Crippen molar-refractivity contribution in [2.75, 3.05) is 4.90 Å². The fourth-order valence-electron chi connectivity index (χ4n) is 4.55. The van der Waals surface area contributed by atoms with Gasteiger partial charge in [-0.3, -0.25) is 9.59 Å². The van der Waals surface area contributed by atoms with Gasteiger partial charge in [0.25, 0.3) is 0 Å². The fourth-order valence-corrected chi connectivity index (χ4v) is 4.55. The number of hydrogen-bond donors (Lipinski definition) is 0. The normalized spacial score (nSPS) is 33.7. The van der Waals surface area contributed by atoms with E-state index in [1.807, 2.05) is 32.0 Å². The second-order valence-corrected chi connectivity index (χ2v) is 6.80. The van der Waals surface area contributed by atoms with Crippen molar-refractivity contribution in [1.29, 1.82) is 0 Å². The van der Waals surface area contributed by atoms with Gasteiger partial charge in [0.1, 0.15) is 0 Å². The molecule has 2 aliphatic carbocycles. The van der Waals surface area contributed by atoms with Crippen LogP contribution in [0.25, 0.3) is 0 Å². The molecular formula is C18H19NO2. The number of nitrogens with zero attached hydrogens (tertiary/aromatic N) is 1. The van der Waals surface area contributed by atoms with Gasteiger partial charge >= 0.3 is 0 Å². The van der Waals surface area contributed by atoms with Crippen LogP contribution in [-0.4, -0.2) is 11.8 Å². The molecule has 2 fully saturated rings. The van der Waals surface area contributed by atoms with E-state index in [9.17, 15) is 9.59 Å². The van der Waals surface area contributed by atoms with Crippen molar-refractivity contribution in [1.82, 2.24) is 0 Å². The Labute approximate surface area is 124 Å². The van der Waals surface area contributed by atoms with E-state index >= 15 is 0 Å². The predicted molar refractivity (Wildman–Crippen MR) is 80.8 cm³/mol. The molecule has 1 aliphatic heterocycles. The third-order valence-corrected chi connectivity index (χ3v) is 5.52. The minimum Gasteiger partial charge on any atom is -0.274 e. The first-order valence-electron chi connectivity index (χ1n) is 7.65. The highest BCUT2D eigenvalue weighted by Gasteiger charge is 2.61. The molecule has 1 aromatic rings. The average Bonchev–Trinajstić information content (AvgIpc) is 3.08. The molecule has 3 unspecified atom stereocenters. The third-order valence-electron chi connectivity index (χ3n) is 5.52. The largest absolute Gasteiger partial charge is 0.274 e. The number of para-hydroxylation sites is 1. The zero-order chi connectivity index (χ0) is 14.8. The van der Waals surface area contributed by atoms with Crippen molar-refractivity contribution in [3.63, 3.8) is 0 Å². The maximum atomic E-state index is 13.1. The molecule has 3 heteroatoms. The number of anilines is 1. The van der Waals surface area contributed by atoms with Crippen molar-refractivity contribution < 1.29 is 9.59 Å². The summed E-state index contributed by atoms with van der Waals surface area (Å²) in [5.41, 5.74) is 2.33. The highest BCUT2D eigenvalue weighted by Crippen LogP contribution is 2.58.